The molecule has 2 heteroatoms. The molecule has 11 heavy (non-hydrogen) atoms. The second kappa shape index (κ2) is 6.38. The van der Waals surface area contributed by atoms with Crippen molar-refractivity contribution < 1.29 is 9.84 Å². The van der Waals surface area contributed by atoms with Crippen molar-refractivity contribution in [3.63, 3.8) is 0 Å². The molecule has 0 heterocycles. The number of rotatable bonds is 6. The lowest BCUT2D eigenvalue weighted by atomic mass is 10.0. The third kappa shape index (κ3) is 4.99. The summed E-state index contributed by atoms with van der Waals surface area (Å²) in [5.41, 5.74) is 0. The molecular formula is C9H18O2. The van der Waals surface area contributed by atoms with Gasteiger partial charge >= 0.3 is 0 Å². The van der Waals surface area contributed by atoms with E-state index >= 15 is 0 Å². The summed E-state index contributed by atoms with van der Waals surface area (Å²) in [5.74, 6) is 0.368. The van der Waals surface area contributed by atoms with Gasteiger partial charge in [-0.1, -0.05) is 13.0 Å². The Balaban J connectivity index is 3.41. The van der Waals surface area contributed by atoms with Gasteiger partial charge in [0.2, 0.25) is 0 Å². The predicted molar refractivity (Wildman–Crippen MR) is 46.5 cm³/mol. The Bertz CT molecular complexity index is 102. The van der Waals surface area contributed by atoms with E-state index in [4.69, 9.17) is 9.84 Å². The van der Waals surface area contributed by atoms with Crippen LogP contribution in [0.15, 0.2) is 12.7 Å². The second-order valence-corrected chi connectivity index (χ2v) is 2.87. The highest BCUT2D eigenvalue weighted by Crippen LogP contribution is 2.09. The maximum atomic E-state index is 8.73. The lowest BCUT2D eigenvalue weighted by Gasteiger charge is -2.12. The molecule has 0 rings (SSSR count). The molecule has 0 saturated carbocycles. The number of hydrogen-bond acceptors (Lipinski definition) is 2. The predicted octanol–water partition coefficient (Wildman–Crippen LogP) is 1.60. The first-order valence-electron chi connectivity index (χ1n) is 4.00. The minimum Gasteiger partial charge on any atom is -0.396 e. The van der Waals surface area contributed by atoms with Crippen molar-refractivity contribution in [3.05, 3.63) is 12.7 Å². The summed E-state index contributed by atoms with van der Waals surface area (Å²) in [6.45, 7) is 5.93. The van der Waals surface area contributed by atoms with Gasteiger partial charge in [0.25, 0.3) is 0 Å². The van der Waals surface area contributed by atoms with Gasteiger partial charge in [-0.05, 0) is 18.8 Å². The molecule has 0 aromatic heterocycles. The Morgan fingerprint density at radius 1 is 1.55 bits per heavy atom. The van der Waals surface area contributed by atoms with E-state index in [1.165, 1.54) is 0 Å². The van der Waals surface area contributed by atoms with E-state index < -0.39 is 0 Å². The van der Waals surface area contributed by atoms with E-state index in [1.807, 2.05) is 6.92 Å². The average Bonchev–Trinajstić information content (AvgIpc) is 2.06. The van der Waals surface area contributed by atoms with E-state index in [9.17, 15) is 0 Å². The fourth-order valence-electron chi connectivity index (χ4n) is 0.872. The van der Waals surface area contributed by atoms with Crippen LogP contribution in [-0.2, 0) is 4.74 Å². The lowest BCUT2D eigenvalue weighted by molar-refractivity contribution is 0.121. The third-order valence-corrected chi connectivity index (χ3v) is 1.82. The molecule has 0 aromatic carbocycles. The molecule has 0 saturated heterocycles. The zero-order valence-electron chi connectivity index (χ0n) is 7.42. The maximum absolute atomic E-state index is 8.73. The van der Waals surface area contributed by atoms with Crippen LogP contribution in [0, 0.1) is 5.92 Å². The Hall–Kier alpha value is -0.340. The van der Waals surface area contributed by atoms with Gasteiger partial charge in [0.05, 0.1) is 6.10 Å². The lowest BCUT2D eigenvalue weighted by Crippen LogP contribution is -2.10. The van der Waals surface area contributed by atoms with Crippen molar-refractivity contribution >= 4 is 0 Å². The summed E-state index contributed by atoms with van der Waals surface area (Å²) in [6, 6.07) is 0. The van der Waals surface area contributed by atoms with Crippen molar-refractivity contribution in [2.24, 2.45) is 5.92 Å². The molecule has 0 spiro atoms. The summed E-state index contributed by atoms with van der Waals surface area (Å²) >= 11 is 0. The van der Waals surface area contributed by atoms with E-state index in [1.54, 1.807) is 13.2 Å². The van der Waals surface area contributed by atoms with Gasteiger partial charge < -0.3 is 9.84 Å². The number of hydrogen-bond donors (Lipinski definition) is 1. The summed E-state index contributed by atoms with van der Waals surface area (Å²) in [7, 11) is 1.68. The molecule has 0 aliphatic heterocycles. The zero-order chi connectivity index (χ0) is 8.69. The maximum Gasteiger partial charge on any atom is 0.0749 e. The van der Waals surface area contributed by atoms with Crippen LogP contribution in [0.5, 0.6) is 0 Å². The monoisotopic (exact) mass is 158 g/mol. The fourth-order valence-corrected chi connectivity index (χ4v) is 0.872. The minimum atomic E-state index is 0.143. The van der Waals surface area contributed by atoms with E-state index in [0.717, 1.165) is 12.8 Å². The van der Waals surface area contributed by atoms with Crippen molar-refractivity contribution in [1.82, 2.24) is 0 Å². The van der Waals surface area contributed by atoms with Crippen molar-refractivity contribution in [3.8, 4) is 0 Å². The highest BCUT2D eigenvalue weighted by atomic mass is 16.5. The Morgan fingerprint density at radius 2 is 2.18 bits per heavy atom. The van der Waals surface area contributed by atoms with Gasteiger partial charge in [-0.2, -0.15) is 0 Å². The molecule has 0 aliphatic carbocycles. The first kappa shape index (κ1) is 10.7. The second-order valence-electron chi connectivity index (χ2n) is 2.87. The largest absolute Gasteiger partial charge is 0.396 e. The van der Waals surface area contributed by atoms with Crippen LogP contribution in [0.2, 0.25) is 0 Å². The molecule has 0 fully saturated rings. The number of aliphatic hydroxyl groups is 1. The molecule has 0 amide bonds. The Morgan fingerprint density at radius 3 is 2.55 bits per heavy atom. The minimum absolute atomic E-state index is 0.143. The molecular weight excluding hydrogens is 140 g/mol. The average molecular weight is 158 g/mol. The molecule has 0 aliphatic rings. The molecule has 0 radical (unpaired) electrons. The number of ether oxygens (including phenoxy) is 1. The van der Waals surface area contributed by atoms with Crippen LogP contribution < -0.4 is 0 Å². The first-order valence-corrected chi connectivity index (χ1v) is 4.00. The van der Waals surface area contributed by atoms with E-state index in [0.29, 0.717) is 5.92 Å². The molecule has 1 unspecified atom stereocenters. The van der Waals surface area contributed by atoms with Gasteiger partial charge in [0, 0.05) is 13.7 Å². The van der Waals surface area contributed by atoms with E-state index in [2.05, 4.69) is 6.58 Å². The molecule has 66 valence electrons. The van der Waals surface area contributed by atoms with Gasteiger partial charge in [-0.15, -0.1) is 6.58 Å². The highest BCUT2D eigenvalue weighted by molar-refractivity contribution is 4.79. The topological polar surface area (TPSA) is 29.5 Å². The van der Waals surface area contributed by atoms with Gasteiger partial charge in [-0.3, -0.25) is 0 Å². The highest BCUT2D eigenvalue weighted by Gasteiger charge is 2.05. The molecule has 2 atom stereocenters. The zero-order valence-corrected chi connectivity index (χ0v) is 7.42. The van der Waals surface area contributed by atoms with Crippen LogP contribution in [-0.4, -0.2) is 24.9 Å². The smallest absolute Gasteiger partial charge is 0.0749 e. The molecule has 1 N–H and O–H groups in total. The first-order chi connectivity index (χ1) is 5.24. The van der Waals surface area contributed by atoms with Crippen LogP contribution >= 0.6 is 0 Å². The molecule has 0 bridgehead atoms. The quantitative estimate of drug-likeness (QED) is 0.595. The van der Waals surface area contributed by atoms with Crippen molar-refractivity contribution in [2.45, 2.75) is 25.9 Å². The van der Waals surface area contributed by atoms with Crippen LogP contribution in [0.1, 0.15) is 19.8 Å². The standard InChI is InChI=1S/C9H18O2/c1-4-9(11-3)6-5-8(2)7-10/h4,8-10H,1,5-7H2,2-3H3/t8?,9-/m1/s1. The summed E-state index contributed by atoms with van der Waals surface area (Å²) in [6.07, 6.45) is 3.87. The van der Waals surface area contributed by atoms with Gasteiger partial charge in [-0.25, -0.2) is 0 Å². The number of aliphatic hydroxyl groups excluding tert-OH is 1. The summed E-state index contributed by atoms with van der Waals surface area (Å²) in [5, 5.41) is 8.73. The van der Waals surface area contributed by atoms with Gasteiger partial charge in [0.15, 0.2) is 0 Å². The Kier molecular flexibility index (Phi) is 6.18. The van der Waals surface area contributed by atoms with Crippen molar-refractivity contribution in [2.75, 3.05) is 13.7 Å². The Labute approximate surface area is 68.9 Å². The molecule has 0 aromatic rings. The summed E-state index contributed by atoms with van der Waals surface area (Å²) in [4.78, 5) is 0. The van der Waals surface area contributed by atoms with E-state index in [-0.39, 0.29) is 12.7 Å². The van der Waals surface area contributed by atoms with Crippen LogP contribution in [0.25, 0.3) is 0 Å². The normalized spacial score (nSPS) is 15.9. The summed E-state index contributed by atoms with van der Waals surface area (Å²) < 4.78 is 5.09. The fraction of sp³-hybridized carbons (Fsp3) is 0.778. The SMILES string of the molecule is C=C[C@H](CCC(C)CO)OC. The van der Waals surface area contributed by atoms with Gasteiger partial charge in [0.1, 0.15) is 0 Å². The van der Waals surface area contributed by atoms with Crippen LogP contribution in [0.4, 0.5) is 0 Å². The third-order valence-electron chi connectivity index (χ3n) is 1.82. The molecule has 2 nitrogen and oxygen atoms in total. The number of methoxy groups -OCH3 is 1. The van der Waals surface area contributed by atoms with Crippen LogP contribution in [0.3, 0.4) is 0 Å². The van der Waals surface area contributed by atoms with Crippen molar-refractivity contribution in [1.29, 1.82) is 0 Å².